The lowest BCUT2D eigenvalue weighted by molar-refractivity contribution is 0.149. The summed E-state index contributed by atoms with van der Waals surface area (Å²) in [7, 11) is 0. The lowest BCUT2D eigenvalue weighted by Crippen LogP contribution is -2.10. The zero-order valence-electron chi connectivity index (χ0n) is 14.1. The van der Waals surface area contributed by atoms with Crippen LogP contribution in [0.2, 0.25) is 0 Å². The predicted octanol–water partition coefficient (Wildman–Crippen LogP) is 5.32. The van der Waals surface area contributed by atoms with Crippen LogP contribution in [0.3, 0.4) is 0 Å². The van der Waals surface area contributed by atoms with E-state index in [1.54, 1.807) is 0 Å². The van der Waals surface area contributed by atoms with Crippen molar-refractivity contribution in [2.45, 2.75) is 24.9 Å². The van der Waals surface area contributed by atoms with Crippen molar-refractivity contribution in [3.8, 4) is 0 Å². The number of aliphatic hydroxyl groups excluding tert-OH is 1. The van der Waals surface area contributed by atoms with Gasteiger partial charge in [0, 0.05) is 17.0 Å². The standard InChI is InChI=1S/C23H19NO/c1-14-16-7-4-5-9-19(16)23(25)22(14)21-13-11-18-17-8-3-2-6-15(17)10-12-20(18)24-21/h2-14,22-23,25H,1H3. The Hall–Kier alpha value is -2.71. The molecule has 1 heterocycles. The van der Waals surface area contributed by atoms with E-state index in [9.17, 15) is 5.11 Å². The Bertz CT molecular complexity index is 1070. The van der Waals surface area contributed by atoms with Gasteiger partial charge in [-0.2, -0.15) is 0 Å². The van der Waals surface area contributed by atoms with Gasteiger partial charge in [-0.3, -0.25) is 4.98 Å². The molecule has 3 atom stereocenters. The minimum absolute atomic E-state index is 0.00766. The lowest BCUT2D eigenvalue weighted by atomic mass is 9.89. The molecule has 0 aliphatic heterocycles. The number of hydrogen-bond donors (Lipinski definition) is 1. The molecule has 1 N–H and O–H groups in total. The number of benzene rings is 3. The number of nitrogens with zero attached hydrogens (tertiary/aromatic N) is 1. The monoisotopic (exact) mass is 325 g/mol. The first kappa shape index (κ1) is 14.6. The molecular formula is C23H19NO. The van der Waals surface area contributed by atoms with Gasteiger partial charge in [0.05, 0.1) is 11.6 Å². The van der Waals surface area contributed by atoms with E-state index in [2.05, 4.69) is 61.5 Å². The van der Waals surface area contributed by atoms with Crippen LogP contribution in [0, 0.1) is 0 Å². The highest BCUT2D eigenvalue weighted by Crippen LogP contribution is 2.50. The van der Waals surface area contributed by atoms with E-state index in [1.807, 2.05) is 18.2 Å². The minimum atomic E-state index is -0.489. The average Bonchev–Trinajstić information content (AvgIpc) is 2.92. The maximum Gasteiger partial charge on any atom is 0.0882 e. The van der Waals surface area contributed by atoms with E-state index >= 15 is 0 Å². The maximum absolute atomic E-state index is 10.9. The first-order valence-electron chi connectivity index (χ1n) is 8.79. The van der Waals surface area contributed by atoms with Crippen molar-refractivity contribution < 1.29 is 5.11 Å². The molecule has 1 aromatic heterocycles. The topological polar surface area (TPSA) is 33.1 Å². The van der Waals surface area contributed by atoms with E-state index in [0.29, 0.717) is 0 Å². The largest absolute Gasteiger partial charge is 0.388 e. The summed E-state index contributed by atoms with van der Waals surface area (Å²) in [5.41, 5.74) is 4.24. The molecule has 2 nitrogen and oxygen atoms in total. The first-order valence-corrected chi connectivity index (χ1v) is 8.79. The molecule has 3 aromatic carbocycles. The van der Waals surface area contributed by atoms with Crippen molar-refractivity contribution in [1.29, 1.82) is 0 Å². The van der Waals surface area contributed by atoms with Crippen LogP contribution in [0.1, 0.15) is 41.7 Å². The van der Waals surface area contributed by atoms with E-state index in [0.717, 1.165) is 16.8 Å². The minimum Gasteiger partial charge on any atom is -0.388 e. The molecule has 3 unspecified atom stereocenters. The first-order chi connectivity index (χ1) is 12.2. The van der Waals surface area contributed by atoms with Gasteiger partial charge in [-0.25, -0.2) is 0 Å². The van der Waals surface area contributed by atoms with Crippen LogP contribution in [0.4, 0.5) is 0 Å². The maximum atomic E-state index is 10.9. The van der Waals surface area contributed by atoms with Crippen LogP contribution in [0.15, 0.2) is 72.8 Å². The van der Waals surface area contributed by atoms with Crippen molar-refractivity contribution in [3.63, 3.8) is 0 Å². The van der Waals surface area contributed by atoms with Crippen molar-refractivity contribution in [2.75, 3.05) is 0 Å². The quantitative estimate of drug-likeness (QED) is 0.480. The molecule has 0 spiro atoms. The molecule has 5 rings (SSSR count). The Kier molecular flexibility index (Phi) is 3.16. The van der Waals surface area contributed by atoms with Gasteiger partial charge in [0.1, 0.15) is 0 Å². The summed E-state index contributed by atoms with van der Waals surface area (Å²) in [6.07, 6.45) is -0.489. The number of fused-ring (bicyclic) bond motifs is 4. The third kappa shape index (κ3) is 2.11. The summed E-state index contributed by atoms with van der Waals surface area (Å²) in [6.45, 7) is 2.19. The van der Waals surface area contributed by atoms with Crippen LogP contribution in [0.5, 0.6) is 0 Å². The van der Waals surface area contributed by atoms with E-state index < -0.39 is 6.10 Å². The van der Waals surface area contributed by atoms with Crippen LogP contribution >= 0.6 is 0 Å². The number of pyridine rings is 1. The van der Waals surface area contributed by atoms with Gasteiger partial charge >= 0.3 is 0 Å². The fourth-order valence-electron chi connectivity index (χ4n) is 4.36. The predicted molar refractivity (Wildman–Crippen MR) is 102 cm³/mol. The van der Waals surface area contributed by atoms with Gasteiger partial charge in [-0.05, 0) is 39.9 Å². The smallest absolute Gasteiger partial charge is 0.0882 e. The SMILES string of the molecule is CC1c2ccccc2C(O)C1c1ccc2c(ccc3ccccc32)n1. The molecule has 0 amide bonds. The lowest BCUT2D eigenvalue weighted by Gasteiger charge is -2.19. The third-order valence-corrected chi connectivity index (χ3v) is 5.64. The fraction of sp³-hybridized carbons (Fsp3) is 0.174. The second-order valence-electron chi connectivity index (χ2n) is 6.98. The van der Waals surface area contributed by atoms with Gasteiger partial charge < -0.3 is 5.11 Å². The van der Waals surface area contributed by atoms with Gasteiger partial charge in [-0.1, -0.05) is 67.6 Å². The fourth-order valence-corrected chi connectivity index (χ4v) is 4.36. The summed E-state index contributed by atoms with van der Waals surface area (Å²) in [5.74, 6) is 0.268. The second-order valence-corrected chi connectivity index (χ2v) is 6.98. The summed E-state index contributed by atoms with van der Waals surface area (Å²) in [6, 6.07) is 25.0. The number of hydrogen-bond acceptors (Lipinski definition) is 2. The summed E-state index contributed by atoms with van der Waals surface area (Å²) < 4.78 is 0. The number of aliphatic hydroxyl groups is 1. The third-order valence-electron chi connectivity index (χ3n) is 5.64. The van der Waals surface area contributed by atoms with Crippen LogP contribution in [-0.2, 0) is 0 Å². The normalized spacial score (nSPS) is 22.4. The van der Waals surface area contributed by atoms with E-state index in [4.69, 9.17) is 4.98 Å². The highest BCUT2D eigenvalue weighted by atomic mass is 16.3. The molecule has 1 aliphatic rings. The van der Waals surface area contributed by atoms with Crippen LogP contribution in [0.25, 0.3) is 21.7 Å². The number of aromatic nitrogens is 1. The highest BCUT2D eigenvalue weighted by Gasteiger charge is 2.38. The number of rotatable bonds is 1. The molecule has 4 aromatic rings. The summed E-state index contributed by atoms with van der Waals surface area (Å²) in [4.78, 5) is 4.93. The molecule has 0 saturated heterocycles. The second kappa shape index (κ2) is 5.40. The highest BCUT2D eigenvalue weighted by molar-refractivity contribution is 6.06. The Morgan fingerprint density at radius 1 is 0.760 bits per heavy atom. The van der Waals surface area contributed by atoms with Crippen molar-refractivity contribution in [1.82, 2.24) is 4.98 Å². The van der Waals surface area contributed by atoms with Gasteiger partial charge in [0.25, 0.3) is 0 Å². The van der Waals surface area contributed by atoms with E-state index in [-0.39, 0.29) is 11.8 Å². The van der Waals surface area contributed by atoms with Gasteiger partial charge in [-0.15, -0.1) is 0 Å². The summed E-state index contributed by atoms with van der Waals surface area (Å²) in [5, 5.41) is 14.5. The molecule has 0 bridgehead atoms. The molecule has 2 heteroatoms. The van der Waals surface area contributed by atoms with Crippen molar-refractivity contribution >= 4 is 21.7 Å². The Labute approximate surface area is 146 Å². The van der Waals surface area contributed by atoms with Gasteiger partial charge in [0.2, 0.25) is 0 Å². The molecule has 0 fully saturated rings. The molecule has 1 aliphatic carbocycles. The van der Waals surface area contributed by atoms with Crippen molar-refractivity contribution in [2.24, 2.45) is 0 Å². The molecule has 25 heavy (non-hydrogen) atoms. The zero-order valence-corrected chi connectivity index (χ0v) is 14.1. The Balaban J connectivity index is 1.66. The van der Waals surface area contributed by atoms with Crippen LogP contribution < -0.4 is 0 Å². The molecule has 0 saturated carbocycles. The molecular weight excluding hydrogens is 306 g/mol. The zero-order chi connectivity index (χ0) is 17.0. The average molecular weight is 325 g/mol. The Morgan fingerprint density at radius 2 is 1.52 bits per heavy atom. The Morgan fingerprint density at radius 3 is 2.36 bits per heavy atom. The van der Waals surface area contributed by atoms with Gasteiger partial charge in [0.15, 0.2) is 0 Å². The molecule has 0 radical (unpaired) electrons. The summed E-state index contributed by atoms with van der Waals surface area (Å²) >= 11 is 0. The molecule has 122 valence electrons. The van der Waals surface area contributed by atoms with Crippen molar-refractivity contribution in [3.05, 3.63) is 89.6 Å². The van der Waals surface area contributed by atoms with E-state index in [1.165, 1.54) is 21.7 Å². The van der Waals surface area contributed by atoms with Crippen LogP contribution in [-0.4, -0.2) is 10.1 Å².